The Morgan fingerprint density at radius 3 is 2.43 bits per heavy atom. The monoisotopic (exact) mass is 292 g/mol. The highest BCUT2D eigenvalue weighted by molar-refractivity contribution is 5.93. The Hall–Kier alpha value is -1.88. The second-order valence-electron chi connectivity index (χ2n) is 5.82. The molecule has 116 valence electrons. The Bertz CT molecular complexity index is 512. The minimum atomic E-state index is -0.921. The lowest BCUT2D eigenvalue weighted by molar-refractivity contribution is -0.138. The molecule has 0 aliphatic carbocycles. The van der Waals surface area contributed by atoms with Crippen molar-refractivity contribution in [2.75, 3.05) is 25.0 Å². The van der Waals surface area contributed by atoms with E-state index in [1.54, 1.807) is 4.90 Å². The second kappa shape index (κ2) is 7.78. The van der Waals surface area contributed by atoms with Gasteiger partial charge >= 0.3 is 5.97 Å². The zero-order valence-corrected chi connectivity index (χ0v) is 13.1. The Morgan fingerprint density at radius 2 is 1.90 bits per heavy atom. The van der Waals surface area contributed by atoms with Gasteiger partial charge in [-0.05, 0) is 31.4 Å². The number of carboxylic acids is 1. The van der Waals surface area contributed by atoms with Crippen LogP contribution in [0.3, 0.4) is 0 Å². The molecule has 0 atom stereocenters. The van der Waals surface area contributed by atoms with E-state index in [4.69, 9.17) is 5.11 Å². The number of aryl methyl sites for hydroxylation is 2. The normalized spacial score (nSPS) is 11.0. The predicted octanol–water partition coefficient (Wildman–Crippen LogP) is 2.28. The fourth-order valence-corrected chi connectivity index (χ4v) is 2.24. The Morgan fingerprint density at radius 1 is 1.24 bits per heavy atom. The lowest BCUT2D eigenvalue weighted by Crippen LogP contribution is -2.39. The molecule has 0 spiro atoms. The molecule has 0 heterocycles. The van der Waals surface area contributed by atoms with Gasteiger partial charge in [0, 0.05) is 12.2 Å². The van der Waals surface area contributed by atoms with Gasteiger partial charge in [0.15, 0.2) is 0 Å². The van der Waals surface area contributed by atoms with E-state index in [0.29, 0.717) is 12.5 Å². The van der Waals surface area contributed by atoms with E-state index in [0.717, 1.165) is 16.8 Å². The van der Waals surface area contributed by atoms with Crippen LogP contribution in [0, 0.1) is 19.8 Å². The highest BCUT2D eigenvalue weighted by Gasteiger charge is 2.15. The van der Waals surface area contributed by atoms with Crippen molar-refractivity contribution in [3.05, 3.63) is 29.3 Å². The van der Waals surface area contributed by atoms with Gasteiger partial charge in [0.25, 0.3) is 0 Å². The first-order chi connectivity index (χ1) is 9.77. The lowest BCUT2D eigenvalue weighted by Gasteiger charge is -2.22. The van der Waals surface area contributed by atoms with Crippen LogP contribution in [0.15, 0.2) is 18.2 Å². The summed E-state index contributed by atoms with van der Waals surface area (Å²) in [4.78, 5) is 24.6. The number of aliphatic carboxylic acids is 1. The van der Waals surface area contributed by atoms with E-state index < -0.39 is 5.97 Å². The first-order valence-electron chi connectivity index (χ1n) is 7.09. The first-order valence-corrected chi connectivity index (χ1v) is 7.09. The number of hydrogen-bond acceptors (Lipinski definition) is 3. The topological polar surface area (TPSA) is 69.6 Å². The number of nitrogens with zero attached hydrogens (tertiary/aromatic N) is 1. The van der Waals surface area contributed by atoms with Crippen LogP contribution in [0.25, 0.3) is 0 Å². The molecule has 1 amide bonds. The van der Waals surface area contributed by atoms with E-state index in [9.17, 15) is 9.59 Å². The Kier molecular flexibility index (Phi) is 6.37. The summed E-state index contributed by atoms with van der Waals surface area (Å²) < 4.78 is 0. The SMILES string of the molecule is Cc1ccc(NC(=O)CN(CC(=O)O)CC(C)C)c(C)c1. The zero-order valence-electron chi connectivity index (χ0n) is 13.1. The summed E-state index contributed by atoms with van der Waals surface area (Å²) in [6, 6.07) is 5.80. The smallest absolute Gasteiger partial charge is 0.317 e. The molecule has 0 saturated carbocycles. The van der Waals surface area contributed by atoms with Crippen LogP contribution in [0.4, 0.5) is 5.69 Å². The van der Waals surface area contributed by atoms with Crippen molar-refractivity contribution in [1.29, 1.82) is 0 Å². The molecule has 0 bridgehead atoms. The molecular formula is C16H24N2O3. The van der Waals surface area contributed by atoms with Gasteiger partial charge in [0.2, 0.25) is 5.91 Å². The molecule has 0 saturated heterocycles. The third kappa shape index (κ3) is 6.40. The third-order valence-corrected chi connectivity index (χ3v) is 3.01. The van der Waals surface area contributed by atoms with Crippen LogP contribution in [-0.4, -0.2) is 41.5 Å². The zero-order chi connectivity index (χ0) is 16.0. The van der Waals surface area contributed by atoms with Crippen molar-refractivity contribution >= 4 is 17.6 Å². The summed E-state index contributed by atoms with van der Waals surface area (Å²) in [5, 5.41) is 11.7. The third-order valence-electron chi connectivity index (χ3n) is 3.01. The van der Waals surface area contributed by atoms with Crippen LogP contribution in [0.1, 0.15) is 25.0 Å². The second-order valence-corrected chi connectivity index (χ2v) is 5.82. The summed E-state index contributed by atoms with van der Waals surface area (Å²) in [6.45, 7) is 8.46. The van der Waals surface area contributed by atoms with Crippen LogP contribution in [0.2, 0.25) is 0 Å². The molecule has 0 aliphatic heterocycles. The molecule has 2 N–H and O–H groups in total. The average molecular weight is 292 g/mol. The fraction of sp³-hybridized carbons (Fsp3) is 0.500. The van der Waals surface area contributed by atoms with Crippen molar-refractivity contribution in [2.45, 2.75) is 27.7 Å². The number of carbonyl (C=O) groups excluding carboxylic acids is 1. The molecule has 0 fully saturated rings. The van der Waals surface area contributed by atoms with Crippen LogP contribution in [0.5, 0.6) is 0 Å². The molecule has 1 rings (SSSR count). The van der Waals surface area contributed by atoms with Gasteiger partial charge in [-0.1, -0.05) is 31.5 Å². The molecule has 0 aromatic heterocycles. The van der Waals surface area contributed by atoms with E-state index in [1.807, 2.05) is 45.9 Å². The number of rotatable bonds is 7. The molecule has 0 aliphatic rings. The summed E-state index contributed by atoms with van der Waals surface area (Å²) in [5.41, 5.74) is 2.90. The fourth-order valence-electron chi connectivity index (χ4n) is 2.24. The van der Waals surface area contributed by atoms with Crippen molar-refractivity contribution in [2.24, 2.45) is 5.92 Å². The summed E-state index contributed by atoms with van der Waals surface area (Å²) in [6.07, 6.45) is 0. The highest BCUT2D eigenvalue weighted by atomic mass is 16.4. The van der Waals surface area contributed by atoms with Crippen molar-refractivity contribution in [1.82, 2.24) is 4.90 Å². The van der Waals surface area contributed by atoms with Crippen molar-refractivity contribution in [3.8, 4) is 0 Å². The lowest BCUT2D eigenvalue weighted by atomic mass is 10.1. The number of anilines is 1. The maximum absolute atomic E-state index is 12.1. The van der Waals surface area contributed by atoms with Crippen molar-refractivity contribution < 1.29 is 14.7 Å². The van der Waals surface area contributed by atoms with Gasteiger partial charge in [0.1, 0.15) is 0 Å². The average Bonchev–Trinajstić information content (AvgIpc) is 2.30. The number of hydrogen-bond donors (Lipinski definition) is 2. The molecule has 5 nitrogen and oxygen atoms in total. The Balaban J connectivity index is 2.66. The number of amides is 1. The maximum Gasteiger partial charge on any atom is 0.317 e. The van der Waals surface area contributed by atoms with Gasteiger partial charge in [-0.3, -0.25) is 14.5 Å². The van der Waals surface area contributed by atoms with E-state index >= 15 is 0 Å². The number of nitrogens with one attached hydrogen (secondary N) is 1. The van der Waals surface area contributed by atoms with Gasteiger partial charge in [0.05, 0.1) is 13.1 Å². The van der Waals surface area contributed by atoms with E-state index in [1.165, 1.54) is 0 Å². The predicted molar refractivity (Wildman–Crippen MR) is 83.5 cm³/mol. The quantitative estimate of drug-likeness (QED) is 0.809. The minimum absolute atomic E-state index is 0.0811. The standard InChI is InChI=1S/C16H24N2O3/c1-11(2)8-18(10-16(20)21)9-15(19)17-14-6-5-12(3)7-13(14)4/h5-7,11H,8-10H2,1-4H3,(H,17,19)(H,20,21). The summed E-state index contributed by atoms with van der Waals surface area (Å²) >= 11 is 0. The van der Waals surface area contributed by atoms with Crippen molar-refractivity contribution in [3.63, 3.8) is 0 Å². The molecule has 21 heavy (non-hydrogen) atoms. The minimum Gasteiger partial charge on any atom is -0.480 e. The first kappa shape index (κ1) is 17.2. The number of benzene rings is 1. The van der Waals surface area contributed by atoms with E-state index in [2.05, 4.69) is 5.32 Å². The number of carbonyl (C=O) groups is 2. The van der Waals surface area contributed by atoms with Gasteiger partial charge in [-0.2, -0.15) is 0 Å². The largest absolute Gasteiger partial charge is 0.480 e. The molecule has 0 radical (unpaired) electrons. The van der Waals surface area contributed by atoms with Gasteiger partial charge < -0.3 is 10.4 Å². The highest BCUT2D eigenvalue weighted by Crippen LogP contribution is 2.15. The Labute approximate surface area is 126 Å². The number of carboxylic acid groups (broad SMARTS) is 1. The van der Waals surface area contributed by atoms with Crippen LogP contribution >= 0.6 is 0 Å². The molecule has 1 aromatic carbocycles. The summed E-state index contributed by atoms with van der Waals surface area (Å²) in [5.74, 6) is -0.808. The maximum atomic E-state index is 12.1. The van der Waals surface area contributed by atoms with Crippen LogP contribution in [-0.2, 0) is 9.59 Å². The van der Waals surface area contributed by atoms with E-state index in [-0.39, 0.29) is 19.0 Å². The summed E-state index contributed by atoms with van der Waals surface area (Å²) in [7, 11) is 0. The molecule has 1 aromatic rings. The van der Waals surface area contributed by atoms with Gasteiger partial charge in [-0.25, -0.2) is 0 Å². The molecule has 5 heteroatoms. The molecular weight excluding hydrogens is 268 g/mol. The van der Waals surface area contributed by atoms with Gasteiger partial charge in [-0.15, -0.1) is 0 Å². The van der Waals surface area contributed by atoms with Crippen LogP contribution < -0.4 is 5.32 Å². The molecule has 0 unspecified atom stereocenters.